The first-order valence-corrected chi connectivity index (χ1v) is 15.0. The second kappa shape index (κ2) is 15.6. The van der Waals surface area contributed by atoms with Crippen molar-refractivity contribution < 1.29 is 23.8 Å². The Morgan fingerprint density at radius 2 is 1.43 bits per heavy atom. The maximum atomic E-state index is 13.7. The van der Waals surface area contributed by atoms with Crippen molar-refractivity contribution in [1.29, 1.82) is 0 Å². The molecule has 0 radical (unpaired) electrons. The Morgan fingerprint density at radius 3 is 2.11 bits per heavy atom. The third-order valence-corrected chi connectivity index (χ3v) is 7.02. The molecule has 2 amide bonds. The van der Waals surface area contributed by atoms with Gasteiger partial charge in [0.15, 0.2) is 17.5 Å². The SMILES string of the molecule is CC(C)C[C@H](NC(=O)[C@H](CC(C)C)NC(=O)OCc1ccccc1)C(=O)Cn1nnc[n+]1-c1cccc(-c2ccccc2)c1. The van der Waals surface area contributed by atoms with Gasteiger partial charge in [0, 0.05) is 0 Å². The highest BCUT2D eigenvalue weighted by molar-refractivity contribution is 5.92. The van der Waals surface area contributed by atoms with Crippen molar-refractivity contribution in [2.24, 2.45) is 11.8 Å². The molecule has 0 spiro atoms. The van der Waals surface area contributed by atoms with Crippen LogP contribution in [0.3, 0.4) is 0 Å². The number of ketones is 1. The van der Waals surface area contributed by atoms with Gasteiger partial charge in [-0.05, 0) is 58.3 Å². The van der Waals surface area contributed by atoms with Gasteiger partial charge in [0.2, 0.25) is 5.91 Å². The summed E-state index contributed by atoms with van der Waals surface area (Å²) < 4.78 is 7.06. The fraction of sp³-hybridized carbons (Fsp3) is 0.353. The van der Waals surface area contributed by atoms with Crippen molar-refractivity contribution in [1.82, 2.24) is 25.7 Å². The Morgan fingerprint density at radius 1 is 0.795 bits per heavy atom. The fourth-order valence-corrected chi connectivity index (χ4v) is 4.87. The lowest BCUT2D eigenvalue weighted by Gasteiger charge is -2.24. The average molecular weight is 598 g/mol. The van der Waals surface area contributed by atoms with E-state index in [4.69, 9.17) is 4.74 Å². The van der Waals surface area contributed by atoms with Crippen molar-refractivity contribution in [2.75, 3.05) is 0 Å². The van der Waals surface area contributed by atoms with Crippen LogP contribution < -0.4 is 15.3 Å². The predicted molar refractivity (Wildman–Crippen MR) is 166 cm³/mol. The van der Waals surface area contributed by atoms with E-state index in [1.165, 1.54) is 4.80 Å². The van der Waals surface area contributed by atoms with Crippen LogP contribution in [0.2, 0.25) is 0 Å². The van der Waals surface area contributed by atoms with Gasteiger partial charge in [0.05, 0.1) is 6.04 Å². The minimum Gasteiger partial charge on any atom is -0.445 e. The second-order valence-electron chi connectivity index (χ2n) is 11.7. The van der Waals surface area contributed by atoms with Crippen LogP contribution in [0.15, 0.2) is 91.3 Å². The average Bonchev–Trinajstić information content (AvgIpc) is 3.48. The number of carbonyl (C=O) groups is 3. The third kappa shape index (κ3) is 9.32. The highest BCUT2D eigenvalue weighted by atomic mass is 16.5. The molecule has 0 fully saturated rings. The van der Waals surface area contributed by atoms with Crippen molar-refractivity contribution in [2.45, 2.75) is 65.8 Å². The van der Waals surface area contributed by atoms with Gasteiger partial charge in [-0.25, -0.2) is 4.79 Å². The number of aromatic nitrogens is 4. The van der Waals surface area contributed by atoms with Crippen LogP contribution in [-0.4, -0.2) is 45.0 Å². The molecular weight excluding hydrogens is 556 g/mol. The van der Waals surface area contributed by atoms with E-state index in [9.17, 15) is 14.4 Å². The first-order chi connectivity index (χ1) is 21.2. The molecule has 0 saturated heterocycles. The van der Waals surface area contributed by atoms with Gasteiger partial charge in [0.25, 0.3) is 6.33 Å². The Bertz CT molecular complexity index is 1520. The summed E-state index contributed by atoms with van der Waals surface area (Å²) in [5, 5.41) is 13.8. The summed E-state index contributed by atoms with van der Waals surface area (Å²) in [5.74, 6) is -0.418. The normalized spacial score (nSPS) is 12.5. The topological polar surface area (TPSA) is 119 Å². The van der Waals surface area contributed by atoms with Crippen LogP contribution >= 0.6 is 0 Å². The van der Waals surface area contributed by atoms with Crippen molar-refractivity contribution >= 4 is 17.8 Å². The number of tetrazole rings is 1. The van der Waals surface area contributed by atoms with Gasteiger partial charge in [-0.15, -0.1) is 4.68 Å². The number of hydrogen-bond acceptors (Lipinski definition) is 6. The summed E-state index contributed by atoms with van der Waals surface area (Å²) in [6, 6.07) is 25.6. The molecule has 10 heteroatoms. The highest BCUT2D eigenvalue weighted by Gasteiger charge is 2.30. The Hall–Kier alpha value is -4.86. The molecule has 10 nitrogen and oxygen atoms in total. The second-order valence-corrected chi connectivity index (χ2v) is 11.7. The van der Waals surface area contributed by atoms with Crippen LogP contribution in [0, 0.1) is 11.8 Å². The van der Waals surface area contributed by atoms with Crippen molar-refractivity contribution in [3.8, 4) is 16.8 Å². The molecule has 0 saturated carbocycles. The van der Waals surface area contributed by atoms with E-state index in [1.807, 2.05) is 113 Å². The number of ether oxygens (including phenoxy) is 1. The van der Waals surface area contributed by atoms with Gasteiger partial charge in [-0.3, -0.25) is 9.59 Å². The van der Waals surface area contributed by atoms with Crippen LogP contribution in [0.25, 0.3) is 16.8 Å². The zero-order valence-electron chi connectivity index (χ0n) is 25.7. The third-order valence-electron chi connectivity index (χ3n) is 7.02. The number of nitrogens with zero attached hydrogens (tertiary/aromatic N) is 4. The van der Waals surface area contributed by atoms with Gasteiger partial charge < -0.3 is 15.4 Å². The monoisotopic (exact) mass is 597 g/mol. The van der Waals surface area contributed by atoms with Crippen molar-refractivity contribution in [3.63, 3.8) is 0 Å². The van der Waals surface area contributed by atoms with Crippen LogP contribution in [0.1, 0.15) is 46.1 Å². The van der Waals surface area contributed by atoms with Crippen LogP contribution in [-0.2, 0) is 27.5 Å². The molecule has 2 atom stereocenters. The van der Waals surface area contributed by atoms with E-state index in [0.29, 0.717) is 12.8 Å². The Labute approximate surface area is 258 Å². The summed E-state index contributed by atoms with van der Waals surface area (Å²) in [6.07, 6.45) is 1.67. The molecule has 0 aliphatic heterocycles. The molecule has 230 valence electrons. The van der Waals surface area contributed by atoms with E-state index in [2.05, 4.69) is 20.9 Å². The largest absolute Gasteiger partial charge is 0.445 e. The molecule has 1 heterocycles. The first-order valence-electron chi connectivity index (χ1n) is 15.0. The smallest absolute Gasteiger partial charge is 0.408 e. The summed E-state index contributed by atoms with van der Waals surface area (Å²) in [6.45, 7) is 7.89. The molecule has 3 aromatic carbocycles. The zero-order chi connectivity index (χ0) is 31.5. The summed E-state index contributed by atoms with van der Waals surface area (Å²) in [4.78, 5) is 41.2. The van der Waals surface area contributed by atoms with Crippen molar-refractivity contribution in [3.05, 3.63) is 96.8 Å². The number of hydrogen-bond donors (Lipinski definition) is 2. The summed E-state index contributed by atoms with van der Waals surface area (Å²) in [7, 11) is 0. The van der Waals surface area contributed by atoms with Crippen LogP contribution in [0.5, 0.6) is 0 Å². The lowest BCUT2D eigenvalue weighted by Crippen LogP contribution is -2.53. The molecule has 4 aromatic rings. The molecule has 0 unspecified atom stereocenters. The number of rotatable bonds is 14. The number of Topliss-reactive ketones (excluding diaryl/α,β-unsaturated/α-hetero) is 1. The molecule has 44 heavy (non-hydrogen) atoms. The van der Waals surface area contributed by atoms with Gasteiger partial charge in [-0.2, -0.15) is 0 Å². The number of amides is 2. The first kappa shape index (κ1) is 32.1. The van der Waals surface area contributed by atoms with Gasteiger partial charge >= 0.3 is 6.09 Å². The van der Waals surface area contributed by atoms with Gasteiger partial charge in [0.1, 0.15) is 23.4 Å². The maximum absolute atomic E-state index is 13.7. The maximum Gasteiger partial charge on any atom is 0.408 e. The lowest BCUT2D eigenvalue weighted by atomic mass is 9.98. The number of nitrogens with one attached hydrogen (secondary N) is 2. The number of carbonyl (C=O) groups excluding carboxylic acids is 3. The fourth-order valence-electron chi connectivity index (χ4n) is 4.87. The van der Waals surface area contributed by atoms with Gasteiger partial charge in [-0.1, -0.05) is 100 Å². The van der Waals surface area contributed by atoms with E-state index in [0.717, 1.165) is 22.4 Å². The lowest BCUT2D eigenvalue weighted by molar-refractivity contribution is -0.689. The highest BCUT2D eigenvalue weighted by Crippen LogP contribution is 2.20. The summed E-state index contributed by atoms with van der Waals surface area (Å²) in [5.41, 5.74) is 3.72. The summed E-state index contributed by atoms with van der Waals surface area (Å²) >= 11 is 0. The molecule has 0 bridgehead atoms. The number of alkyl carbamates (subject to hydrolysis) is 1. The molecule has 0 aliphatic rings. The van der Waals surface area contributed by atoms with E-state index in [1.54, 1.807) is 11.0 Å². The standard InChI is InChI=1S/C34H40N6O4/c1-24(2)18-30(36-33(42)31(19-25(3)4)37-34(43)44-22-26-12-7-5-8-13-26)32(41)21-40-38-35-23-39(40)29-17-11-16-28(20-29)27-14-9-6-10-15-27/h5-17,20,23-25,30-31H,18-19,21-22H2,1-4H3,(H-,36,37,42,43)/p+1/t30-,31-/m0/s1. The minimum absolute atomic E-state index is 0.0866. The number of benzene rings is 3. The molecule has 2 N–H and O–H groups in total. The predicted octanol–water partition coefficient (Wildman–Crippen LogP) is 4.66. The molecule has 0 aliphatic carbocycles. The molecular formula is C34H41N6O4+. The Balaban J connectivity index is 1.45. The van der Waals surface area contributed by atoms with E-state index >= 15 is 0 Å². The molecule has 1 aromatic heterocycles. The Kier molecular flexibility index (Phi) is 11.3. The van der Waals surface area contributed by atoms with E-state index in [-0.39, 0.29) is 30.8 Å². The van der Waals surface area contributed by atoms with Crippen LogP contribution in [0.4, 0.5) is 4.79 Å². The zero-order valence-corrected chi connectivity index (χ0v) is 25.7. The quantitative estimate of drug-likeness (QED) is 0.204. The minimum atomic E-state index is -0.863. The molecule has 4 rings (SSSR count). The van der Waals surface area contributed by atoms with E-state index < -0.39 is 24.1 Å².